The molecule has 0 saturated heterocycles. The van der Waals surface area contributed by atoms with Crippen molar-refractivity contribution >= 4 is 17.7 Å². The predicted octanol–water partition coefficient (Wildman–Crippen LogP) is 2.47. The molecule has 0 aromatic carbocycles. The lowest BCUT2D eigenvalue weighted by Crippen LogP contribution is -2.30. The molecule has 0 fully saturated rings. The van der Waals surface area contributed by atoms with E-state index in [0.29, 0.717) is 6.04 Å². The first-order valence-electron chi connectivity index (χ1n) is 5.51. The van der Waals surface area contributed by atoms with Gasteiger partial charge in [-0.25, -0.2) is 4.79 Å². The van der Waals surface area contributed by atoms with E-state index in [1.807, 2.05) is 6.92 Å². The van der Waals surface area contributed by atoms with Crippen LogP contribution in [0.3, 0.4) is 0 Å². The van der Waals surface area contributed by atoms with Gasteiger partial charge in [-0.3, -0.25) is 0 Å². The third kappa shape index (κ3) is 4.09. The van der Waals surface area contributed by atoms with Gasteiger partial charge >= 0.3 is 5.97 Å². The Morgan fingerprint density at radius 2 is 2.24 bits per heavy atom. The number of rotatable bonds is 6. The maximum Gasteiger partial charge on any atom is 0.373 e. The minimum absolute atomic E-state index is 0.0792. The van der Waals surface area contributed by atoms with Crippen molar-refractivity contribution in [2.45, 2.75) is 25.9 Å². The van der Waals surface area contributed by atoms with E-state index >= 15 is 0 Å². The Kier molecular flexibility index (Phi) is 5.58. The molecular weight excluding hydrogens is 238 g/mol. The molecule has 1 aromatic rings. The molecule has 0 saturated carbocycles. The predicted molar refractivity (Wildman–Crippen MR) is 69.4 cm³/mol. The van der Waals surface area contributed by atoms with Crippen molar-refractivity contribution in [3.8, 4) is 0 Å². The lowest BCUT2D eigenvalue weighted by Gasteiger charge is -2.17. The van der Waals surface area contributed by atoms with Gasteiger partial charge in [0.15, 0.2) is 0 Å². The highest BCUT2D eigenvalue weighted by Crippen LogP contribution is 2.17. The van der Waals surface area contributed by atoms with Gasteiger partial charge in [-0.05, 0) is 32.2 Å². The molecule has 1 heterocycles. The molecule has 2 atom stereocenters. The quantitative estimate of drug-likeness (QED) is 0.793. The van der Waals surface area contributed by atoms with Gasteiger partial charge in [0, 0.05) is 11.8 Å². The third-order valence-electron chi connectivity index (χ3n) is 2.39. The fourth-order valence-electron chi connectivity index (χ4n) is 1.60. The zero-order valence-corrected chi connectivity index (χ0v) is 11.5. The molecule has 0 amide bonds. The van der Waals surface area contributed by atoms with Crippen molar-refractivity contribution < 1.29 is 13.9 Å². The number of nitrogens with one attached hydrogen (secondary N) is 1. The number of methoxy groups -OCH3 is 1. The standard InChI is InChI=1S/C12H19NO3S/c1-8(7-17-4)13-9(2)10-5-6-11(16-10)12(14)15-3/h5-6,8-9,13H,7H2,1-4H3. The Labute approximate surface area is 106 Å². The van der Waals surface area contributed by atoms with Crippen LogP contribution < -0.4 is 5.32 Å². The molecule has 1 aromatic heterocycles. The summed E-state index contributed by atoms with van der Waals surface area (Å²) >= 11 is 1.79. The van der Waals surface area contributed by atoms with E-state index in [-0.39, 0.29) is 11.8 Å². The molecule has 0 radical (unpaired) electrons. The molecule has 0 aliphatic rings. The molecule has 2 unspecified atom stereocenters. The third-order valence-corrected chi connectivity index (χ3v) is 3.22. The topological polar surface area (TPSA) is 51.5 Å². The number of carbonyl (C=O) groups excluding carboxylic acids is 1. The molecule has 0 spiro atoms. The summed E-state index contributed by atoms with van der Waals surface area (Å²) in [6.45, 7) is 4.13. The van der Waals surface area contributed by atoms with Gasteiger partial charge < -0.3 is 14.5 Å². The first-order chi connectivity index (χ1) is 8.08. The number of hydrogen-bond acceptors (Lipinski definition) is 5. The molecule has 5 heteroatoms. The Bertz CT molecular complexity index is 364. The summed E-state index contributed by atoms with van der Waals surface area (Å²) in [5, 5.41) is 3.40. The first kappa shape index (κ1) is 14.1. The van der Waals surface area contributed by atoms with E-state index in [9.17, 15) is 4.79 Å². The average molecular weight is 257 g/mol. The van der Waals surface area contributed by atoms with Crippen molar-refractivity contribution in [3.05, 3.63) is 23.7 Å². The van der Waals surface area contributed by atoms with E-state index in [4.69, 9.17) is 4.42 Å². The monoisotopic (exact) mass is 257 g/mol. The molecule has 0 aliphatic heterocycles. The second-order valence-corrected chi connectivity index (χ2v) is 4.85. The fraction of sp³-hybridized carbons (Fsp3) is 0.583. The molecule has 17 heavy (non-hydrogen) atoms. The number of furan rings is 1. The minimum Gasteiger partial charge on any atom is -0.463 e. The molecule has 0 aliphatic carbocycles. The van der Waals surface area contributed by atoms with Crippen LogP contribution in [0.25, 0.3) is 0 Å². The van der Waals surface area contributed by atoms with Gasteiger partial charge in [-0.15, -0.1) is 0 Å². The Morgan fingerprint density at radius 3 is 2.82 bits per heavy atom. The van der Waals surface area contributed by atoms with Crippen LogP contribution in [-0.2, 0) is 4.74 Å². The minimum atomic E-state index is -0.444. The lowest BCUT2D eigenvalue weighted by atomic mass is 10.2. The maximum absolute atomic E-state index is 11.2. The Balaban J connectivity index is 2.60. The SMILES string of the molecule is COC(=O)c1ccc(C(C)NC(C)CSC)o1. The number of hydrogen-bond donors (Lipinski definition) is 1. The van der Waals surface area contributed by atoms with E-state index in [2.05, 4.69) is 23.2 Å². The van der Waals surface area contributed by atoms with Gasteiger partial charge in [-0.1, -0.05) is 0 Å². The second-order valence-electron chi connectivity index (χ2n) is 3.94. The van der Waals surface area contributed by atoms with E-state index in [1.54, 1.807) is 23.9 Å². The van der Waals surface area contributed by atoms with E-state index in [1.165, 1.54) is 7.11 Å². The highest BCUT2D eigenvalue weighted by atomic mass is 32.2. The van der Waals surface area contributed by atoms with Crippen molar-refractivity contribution in [2.75, 3.05) is 19.1 Å². The highest BCUT2D eigenvalue weighted by Gasteiger charge is 2.16. The molecule has 1 N–H and O–H groups in total. The second kappa shape index (κ2) is 6.71. The highest BCUT2D eigenvalue weighted by molar-refractivity contribution is 7.98. The summed E-state index contributed by atoms with van der Waals surface area (Å²) in [6, 6.07) is 3.91. The molecule has 1 rings (SSSR count). The van der Waals surface area contributed by atoms with Crippen molar-refractivity contribution in [1.29, 1.82) is 0 Å². The van der Waals surface area contributed by atoms with Gasteiger partial charge in [0.2, 0.25) is 5.76 Å². The van der Waals surface area contributed by atoms with Crippen LogP contribution >= 0.6 is 11.8 Å². The van der Waals surface area contributed by atoms with Crippen LogP contribution in [0.4, 0.5) is 0 Å². The summed E-state index contributed by atoms with van der Waals surface area (Å²) in [5.41, 5.74) is 0. The summed E-state index contributed by atoms with van der Waals surface area (Å²) in [4.78, 5) is 11.2. The number of esters is 1. The van der Waals surface area contributed by atoms with Gasteiger partial charge in [0.25, 0.3) is 0 Å². The van der Waals surface area contributed by atoms with Gasteiger partial charge in [0.1, 0.15) is 5.76 Å². The number of carbonyl (C=O) groups is 1. The smallest absolute Gasteiger partial charge is 0.373 e. The fourth-order valence-corrected chi connectivity index (χ4v) is 2.20. The van der Waals surface area contributed by atoms with Gasteiger partial charge in [0.05, 0.1) is 13.2 Å². The Hall–Kier alpha value is -0.940. The van der Waals surface area contributed by atoms with Crippen LogP contribution in [0.2, 0.25) is 0 Å². The van der Waals surface area contributed by atoms with E-state index in [0.717, 1.165) is 11.5 Å². The lowest BCUT2D eigenvalue weighted by molar-refractivity contribution is 0.0562. The largest absolute Gasteiger partial charge is 0.463 e. The van der Waals surface area contributed by atoms with Crippen LogP contribution in [-0.4, -0.2) is 31.1 Å². The number of ether oxygens (including phenoxy) is 1. The van der Waals surface area contributed by atoms with Crippen molar-refractivity contribution in [1.82, 2.24) is 5.32 Å². The molecule has 0 bridgehead atoms. The van der Waals surface area contributed by atoms with Crippen LogP contribution in [0.1, 0.15) is 36.2 Å². The summed E-state index contributed by atoms with van der Waals surface area (Å²) < 4.78 is 10.0. The summed E-state index contributed by atoms with van der Waals surface area (Å²) in [6.07, 6.45) is 2.07. The van der Waals surface area contributed by atoms with Crippen LogP contribution in [0.15, 0.2) is 16.5 Å². The molecule has 96 valence electrons. The average Bonchev–Trinajstić information content (AvgIpc) is 2.77. The molecular formula is C12H19NO3S. The van der Waals surface area contributed by atoms with Crippen molar-refractivity contribution in [2.24, 2.45) is 0 Å². The summed E-state index contributed by atoms with van der Waals surface area (Å²) in [7, 11) is 1.34. The first-order valence-corrected chi connectivity index (χ1v) is 6.91. The summed E-state index contributed by atoms with van der Waals surface area (Å²) in [5.74, 6) is 1.59. The van der Waals surface area contributed by atoms with Crippen LogP contribution in [0, 0.1) is 0 Å². The van der Waals surface area contributed by atoms with Gasteiger partial charge in [-0.2, -0.15) is 11.8 Å². The molecule has 4 nitrogen and oxygen atoms in total. The van der Waals surface area contributed by atoms with Crippen molar-refractivity contribution in [3.63, 3.8) is 0 Å². The zero-order valence-electron chi connectivity index (χ0n) is 10.6. The van der Waals surface area contributed by atoms with E-state index < -0.39 is 5.97 Å². The normalized spacial score (nSPS) is 14.4. The zero-order chi connectivity index (χ0) is 12.8. The number of thioether (sulfide) groups is 1. The Morgan fingerprint density at radius 1 is 1.53 bits per heavy atom. The van der Waals surface area contributed by atoms with Crippen LogP contribution in [0.5, 0.6) is 0 Å². The maximum atomic E-state index is 11.2.